The molecule has 0 aliphatic heterocycles. The fourth-order valence-corrected chi connectivity index (χ4v) is 2.30. The molecule has 1 aromatic carbocycles. The minimum absolute atomic E-state index is 0.0436. The summed E-state index contributed by atoms with van der Waals surface area (Å²) in [6, 6.07) is 5.33. The van der Waals surface area contributed by atoms with Crippen LogP contribution in [0.4, 0.5) is 0 Å². The molecular formula is C16H27NO4. The third kappa shape index (κ3) is 4.33. The van der Waals surface area contributed by atoms with Crippen LogP contribution in [0.2, 0.25) is 0 Å². The zero-order chi connectivity index (χ0) is 15.9. The molecule has 1 unspecified atom stereocenters. The van der Waals surface area contributed by atoms with Gasteiger partial charge in [0.25, 0.3) is 0 Å². The van der Waals surface area contributed by atoms with E-state index in [0.717, 1.165) is 12.8 Å². The number of hydrogen-bond acceptors (Lipinski definition) is 5. The Labute approximate surface area is 126 Å². The predicted octanol–water partition coefficient (Wildman–Crippen LogP) is 1.88. The maximum Gasteiger partial charge on any atom is 0.124 e. The molecule has 1 rings (SSSR count). The highest BCUT2D eigenvalue weighted by Crippen LogP contribution is 2.29. The molecule has 0 heterocycles. The maximum absolute atomic E-state index is 10.4. The lowest BCUT2D eigenvalue weighted by Gasteiger charge is -2.32. The van der Waals surface area contributed by atoms with E-state index >= 15 is 0 Å². The summed E-state index contributed by atoms with van der Waals surface area (Å²) in [5, 5.41) is 23.2. The highest BCUT2D eigenvalue weighted by atomic mass is 16.5. The highest BCUT2D eigenvalue weighted by Gasteiger charge is 2.26. The number of ether oxygens (including phenoxy) is 2. The topological polar surface area (TPSA) is 71.0 Å². The first-order valence-corrected chi connectivity index (χ1v) is 7.31. The van der Waals surface area contributed by atoms with Gasteiger partial charge in [-0.1, -0.05) is 13.8 Å². The number of aliphatic hydroxyl groups excluding tert-OH is 2. The average molecular weight is 297 g/mol. The van der Waals surface area contributed by atoms with Crippen molar-refractivity contribution in [1.29, 1.82) is 0 Å². The van der Waals surface area contributed by atoms with Gasteiger partial charge in [-0.05, 0) is 31.0 Å². The smallest absolute Gasteiger partial charge is 0.124 e. The Hall–Kier alpha value is -1.30. The molecule has 0 saturated heterocycles. The second-order valence-electron chi connectivity index (χ2n) is 5.15. The molecule has 3 N–H and O–H groups in total. The summed E-state index contributed by atoms with van der Waals surface area (Å²) in [5.74, 6) is 1.29. The Morgan fingerprint density at radius 2 is 1.86 bits per heavy atom. The van der Waals surface area contributed by atoms with Gasteiger partial charge >= 0.3 is 0 Å². The molecule has 5 nitrogen and oxygen atoms in total. The van der Waals surface area contributed by atoms with Gasteiger partial charge in [-0.3, -0.25) is 0 Å². The lowest BCUT2D eigenvalue weighted by molar-refractivity contribution is 0.113. The van der Waals surface area contributed by atoms with Gasteiger partial charge in [0.1, 0.15) is 11.5 Å². The van der Waals surface area contributed by atoms with Crippen molar-refractivity contribution in [1.82, 2.24) is 5.32 Å². The summed E-state index contributed by atoms with van der Waals surface area (Å²) in [4.78, 5) is 0. The first kappa shape index (κ1) is 17.8. The van der Waals surface area contributed by atoms with Crippen LogP contribution in [0.15, 0.2) is 18.2 Å². The summed E-state index contributed by atoms with van der Waals surface area (Å²) in [6.45, 7) is 4.42. The summed E-state index contributed by atoms with van der Waals surface area (Å²) >= 11 is 0. The van der Waals surface area contributed by atoms with E-state index < -0.39 is 6.10 Å². The van der Waals surface area contributed by atoms with Gasteiger partial charge in [0, 0.05) is 17.6 Å². The van der Waals surface area contributed by atoms with E-state index in [9.17, 15) is 10.2 Å². The molecule has 0 aliphatic carbocycles. The molecule has 0 radical (unpaired) electrons. The number of hydrogen-bond donors (Lipinski definition) is 3. The van der Waals surface area contributed by atoms with Crippen molar-refractivity contribution in [2.45, 2.75) is 38.3 Å². The molecule has 0 bridgehead atoms. The van der Waals surface area contributed by atoms with E-state index in [4.69, 9.17) is 9.47 Å². The second-order valence-corrected chi connectivity index (χ2v) is 5.15. The van der Waals surface area contributed by atoms with Crippen LogP contribution in [0.5, 0.6) is 11.5 Å². The fraction of sp³-hybridized carbons (Fsp3) is 0.625. The summed E-state index contributed by atoms with van der Waals surface area (Å²) in [5.41, 5.74) is 0.316. The van der Waals surface area contributed by atoms with Crippen LogP contribution < -0.4 is 14.8 Å². The van der Waals surface area contributed by atoms with Gasteiger partial charge in [0.2, 0.25) is 0 Å². The highest BCUT2D eigenvalue weighted by molar-refractivity contribution is 5.41. The molecule has 1 atom stereocenters. The van der Waals surface area contributed by atoms with Crippen LogP contribution in [0.25, 0.3) is 0 Å². The van der Waals surface area contributed by atoms with Crippen molar-refractivity contribution in [2.24, 2.45) is 0 Å². The van der Waals surface area contributed by atoms with E-state index in [1.54, 1.807) is 32.4 Å². The number of β-amino-alcohol motifs (C(OH)–C–C–N with tert-alkyl or cyclic N) is 1. The van der Waals surface area contributed by atoms with Crippen LogP contribution in [-0.2, 0) is 0 Å². The van der Waals surface area contributed by atoms with Crippen molar-refractivity contribution < 1.29 is 19.7 Å². The van der Waals surface area contributed by atoms with E-state index in [1.165, 1.54) is 0 Å². The third-order valence-electron chi connectivity index (χ3n) is 4.12. The van der Waals surface area contributed by atoms with Crippen molar-refractivity contribution >= 4 is 0 Å². The van der Waals surface area contributed by atoms with Crippen molar-refractivity contribution in [2.75, 3.05) is 27.4 Å². The van der Waals surface area contributed by atoms with Crippen LogP contribution >= 0.6 is 0 Å². The number of nitrogens with one attached hydrogen (secondary N) is 1. The van der Waals surface area contributed by atoms with Crippen LogP contribution in [0.1, 0.15) is 38.4 Å². The van der Waals surface area contributed by atoms with Gasteiger partial charge < -0.3 is 25.0 Å². The Morgan fingerprint density at radius 3 is 2.33 bits per heavy atom. The Kier molecular flexibility index (Phi) is 6.95. The molecule has 0 aromatic heterocycles. The van der Waals surface area contributed by atoms with Gasteiger partial charge in [-0.2, -0.15) is 0 Å². The van der Waals surface area contributed by atoms with Crippen LogP contribution in [0, 0.1) is 0 Å². The molecule has 0 aliphatic rings. The van der Waals surface area contributed by atoms with Crippen LogP contribution in [0.3, 0.4) is 0 Å². The molecule has 1 aromatic rings. The van der Waals surface area contributed by atoms with E-state index in [-0.39, 0.29) is 12.1 Å². The Morgan fingerprint density at radius 1 is 1.19 bits per heavy atom. The van der Waals surface area contributed by atoms with Gasteiger partial charge in [0.15, 0.2) is 0 Å². The number of benzene rings is 1. The molecule has 0 spiro atoms. The van der Waals surface area contributed by atoms with Crippen molar-refractivity contribution in [3.05, 3.63) is 23.8 Å². The number of methoxy groups -OCH3 is 2. The number of aliphatic hydroxyl groups is 2. The zero-order valence-electron chi connectivity index (χ0n) is 13.3. The normalized spacial score (nSPS) is 13.0. The van der Waals surface area contributed by atoms with E-state index in [2.05, 4.69) is 5.32 Å². The zero-order valence-corrected chi connectivity index (χ0v) is 13.3. The summed E-state index contributed by atoms with van der Waals surface area (Å²) in [7, 11) is 3.16. The van der Waals surface area contributed by atoms with Gasteiger partial charge in [0.05, 0.1) is 26.9 Å². The quantitative estimate of drug-likeness (QED) is 0.649. The SMILES string of the molecule is CCC(CC)(CO)NCC(O)c1cc(OC)ccc1OC. The monoisotopic (exact) mass is 297 g/mol. The van der Waals surface area contributed by atoms with Crippen LogP contribution in [-0.4, -0.2) is 43.1 Å². The molecule has 0 fully saturated rings. The average Bonchev–Trinajstić information content (AvgIpc) is 2.55. The molecule has 120 valence electrons. The summed E-state index contributed by atoms with van der Waals surface area (Å²) in [6.07, 6.45) is 0.850. The lowest BCUT2D eigenvalue weighted by atomic mass is 9.93. The van der Waals surface area contributed by atoms with Gasteiger partial charge in [-0.15, -0.1) is 0 Å². The molecular weight excluding hydrogens is 270 g/mol. The molecule has 0 saturated carbocycles. The Balaban J connectivity index is 2.85. The second kappa shape index (κ2) is 8.22. The third-order valence-corrected chi connectivity index (χ3v) is 4.12. The first-order valence-electron chi connectivity index (χ1n) is 7.31. The van der Waals surface area contributed by atoms with Crippen molar-refractivity contribution in [3.8, 4) is 11.5 Å². The summed E-state index contributed by atoms with van der Waals surface area (Å²) < 4.78 is 10.5. The molecule has 0 amide bonds. The predicted molar refractivity (Wildman–Crippen MR) is 82.9 cm³/mol. The van der Waals surface area contributed by atoms with Gasteiger partial charge in [-0.25, -0.2) is 0 Å². The largest absolute Gasteiger partial charge is 0.497 e. The minimum atomic E-state index is -0.737. The molecule has 5 heteroatoms. The van der Waals surface area contributed by atoms with E-state index in [1.807, 2.05) is 13.8 Å². The fourth-order valence-electron chi connectivity index (χ4n) is 2.30. The maximum atomic E-state index is 10.4. The number of rotatable bonds is 9. The van der Waals surface area contributed by atoms with E-state index in [0.29, 0.717) is 23.6 Å². The minimum Gasteiger partial charge on any atom is -0.497 e. The Bertz CT molecular complexity index is 424. The van der Waals surface area contributed by atoms with Crippen molar-refractivity contribution in [3.63, 3.8) is 0 Å². The lowest BCUT2D eigenvalue weighted by Crippen LogP contribution is -2.49. The molecule has 21 heavy (non-hydrogen) atoms. The standard InChI is InChI=1S/C16H27NO4/c1-5-16(6-2,11-18)17-10-14(19)13-9-12(20-3)7-8-15(13)21-4/h7-9,14,17-19H,5-6,10-11H2,1-4H3. The first-order chi connectivity index (χ1) is 10.1.